The first-order chi connectivity index (χ1) is 11.3. The van der Waals surface area contributed by atoms with Crippen LogP contribution in [0.3, 0.4) is 0 Å². The highest BCUT2D eigenvalue weighted by Gasteiger charge is 2.19. The van der Waals surface area contributed by atoms with Gasteiger partial charge in [0, 0.05) is 45.1 Å². The van der Waals surface area contributed by atoms with Crippen LogP contribution < -0.4 is 10.6 Å². The summed E-state index contributed by atoms with van der Waals surface area (Å²) < 4.78 is 0. The van der Waals surface area contributed by atoms with Gasteiger partial charge in [-0.05, 0) is 43.9 Å². The van der Waals surface area contributed by atoms with Crippen molar-refractivity contribution in [1.82, 2.24) is 20.5 Å². The average molecular weight is 445 g/mol. The Bertz CT molecular complexity index is 466. The highest BCUT2D eigenvalue weighted by atomic mass is 127. The van der Waals surface area contributed by atoms with Gasteiger partial charge in [-0.25, -0.2) is 0 Å². The van der Waals surface area contributed by atoms with Crippen LogP contribution >= 0.6 is 24.0 Å². The molecule has 2 rings (SSSR count). The maximum Gasteiger partial charge on any atom is 0.191 e. The van der Waals surface area contributed by atoms with E-state index in [-0.39, 0.29) is 24.0 Å². The van der Waals surface area contributed by atoms with Gasteiger partial charge in [-0.15, -0.1) is 24.0 Å². The van der Waals surface area contributed by atoms with Crippen LogP contribution in [0.2, 0.25) is 0 Å². The van der Waals surface area contributed by atoms with Crippen molar-refractivity contribution in [2.75, 3.05) is 33.2 Å². The number of hydrogen-bond donors (Lipinski definition) is 2. The molecule has 6 heteroatoms. The number of piperidine rings is 1. The van der Waals surface area contributed by atoms with Crippen molar-refractivity contribution in [2.45, 2.75) is 45.1 Å². The molecule has 0 aromatic carbocycles. The summed E-state index contributed by atoms with van der Waals surface area (Å²) in [6, 6.07) is 4.85. The molecule has 1 aromatic heterocycles. The number of nitrogens with zero attached hydrogens (tertiary/aromatic N) is 3. The van der Waals surface area contributed by atoms with E-state index in [2.05, 4.69) is 38.5 Å². The topological polar surface area (TPSA) is 52.5 Å². The van der Waals surface area contributed by atoms with Crippen molar-refractivity contribution in [3.63, 3.8) is 0 Å². The number of likely N-dealkylation sites (tertiary alicyclic amines) is 1. The normalized spacial score (nSPS) is 18.8. The minimum atomic E-state index is 0. The van der Waals surface area contributed by atoms with Gasteiger partial charge < -0.3 is 10.6 Å². The van der Waals surface area contributed by atoms with Gasteiger partial charge in [-0.3, -0.25) is 14.9 Å². The average Bonchev–Trinajstić information content (AvgIpc) is 2.61. The van der Waals surface area contributed by atoms with Gasteiger partial charge in [-0.2, -0.15) is 0 Å². The van der Waals surface area contributed by atoms with E-state index in [0.717, 1.165) is 38.1 Å². The number of nitrogens with one attached hydrogen (secondary N) is 2. The zero-order valence-corrected chi connectivity index (χ0v) is 17.3. The van der Waals surface area contributed by atoms with Crippen LogP contribution in [0.5, 0.6) is 0 Å². The van der Waals surface area contributed by atoms with Gasteiger partial charge in [0.25, 0.3) is 0 Å². The molecule has 0 amide bonds. The molecule has 1 unspecified atom stereocenters. The third kappa shape index (κ3) is 7.34. The minimum Gasteiger partial charge on any atom is -0.356 e. The van der Waals surface area contributed by atoms with Crippen molar-refractivity contribution in [3.8, 4) is 0 Å². The second-order valence-corrected chi connectivity index (χ2v) is 6.13. The molecule has 1 atom stereocenters. The molecule has 0 aliphatic carbocycles. The molecule has 1 aliphatic rings. The molecule has 0 bridgehead atoms. The molecule has 136 valence electrons. The predicted molar refractivity (Wildman–Crippen MR) is 112 cm³/mol. The summed E-state index contributed by atoms with van der Waals surface area (Å²) in [5.41, 5.74) is 1.24. The Morgan fingerprint density at radius 1 is 1.33 bits per heavy atom. The number of pyridine rings is 1. The Morgan fingerprint density at radius 2 is 2.17 bits per heavy atom. The fraction of sp³-hybridized carbons (Fsp3) is 0.667. The van der Waals surface area contributed by atoms with Crippen molar-refractivity contribution >= 4 is 29.9 Å². The first-order valence-electron chi connectivity index (χ1n) is 8.91. The minimum absolute atomic E-state index is 0. The standard InChI is InChI=1S/C18H31N5.HI/c1-3-17-8-4-5-13-23(17)14-12-22-18(19-2)21-11-9-16-7-6-10-20-15-16;/h6-7,10,15,17H,3-5,8-9,11-14H2,1-2H3,(H2,19,21,22);1H. The van der Waals surface area contributed by atoms with E-state index in [0.29, 0.717) is 0 Å². The first-order valence-corrected chi connectivity index (χ1v) is 8.91. The highest BCUT2D eigenvalue weighted by molar-refractivity contribution is 14.0. The molecule has 1 fully saturated rings. The Morgan fingerprint density at radius 3 is 2.88 bits per heavy atom. The van der Waals surface area contributed by atoms with Gasteiger partial charge in [0.2, 0.25) is 0 Å². The molecule has 1 aromatic rings. The summed E-state index contributed by atoms with van der Waals surface area (Å²) in [7, 11) is 1.83. The van der Waals surface area contributed by atoms with E-state index < -0.39 is 0 Å². The van der Waals surface area contributed by atoms with E-state index in [4.69, 9.17) is 0 Å². The Labute approximate surface area is 163 Å². The van der Waals surface area contributed by atoms with Gasteiger partial charge >= 0.3 is 0 Å². The zero-order valence-electron chi connectivity index (χ0n) is 15.0. The summed E-state index contributed by atoms with van der Waals surface area (Å²) in [6.45, 7) is 6.46. The quantitative estimate of drug-likeness (QED) is 0.385. The smallest absolute Gasteiger partial charge is 0.191 e. The van der Waals surface area contributed by atoms with Crippen LogP contribution in [0.1, 0.15) is 38.2 Å². The summed E-state index contributed by atoms with van der Waals surface area (Å²) >= 11 is 0. The second kappa shape index (κ2) is 12.5. The summed E-state index contributed by atoms with van der Waals surface area (Å²) in [5, 5.41) is 6.80. The van der Waals surface area contributed by atoms with Crippen LogP contribution in [0, 0.1) is 0 Å². The Balaban J connectivity index is 0.00000288. The molecular weight excluding hydrogens is 413 g/mol. The lowest BCUT2D eigenvalue weighted by molar-refractivity contribution is 0.147. The molecular formula is C18H32IN5. The van der Waals surface area contributed by atoms with Gasteiger partial charge in [-0.1, -0.05) is 19.4 Å². The highest BCUT2D eigenvalue weighted by Crippen LogP contribution is 2.18. The molecule has 24 heavy (non-hydrogen) atoms. The molecule has 0 saturated carbocycles. The SMILES string of the molecule is CCC1CCCCN1CCNC(=NC)NCCc1cccnc1.I. The van der Waals surface area contributed by atoms with Crippen molar-refractivity contribution in [1.29, 1.82) is 0 Å². The number of aromatic nitrogens is 1. The van der Waals surface area contributed by atoms with Crippen molar-refractivity contribution < 1.29 is 0 Å². The monoisotopic (exact) mass is 445 g/mol. The number of halogens is 1. The maximum atomic E-state index is 4.30. The Kier molecular flexibility index (Phi) is 11.0. The summed E-state index contributed by atoms with van der Waals surface area (Å²) in [5.74, 6) is 0.888. The molecule has 5 nitrogen and oxygen atoms in total. The van der Waals surface area contributed by atoms with Crippen molar-refractivity contribution in [2.24, 2.45) is 4.99 Å². The lowest BCUT2D eigenvalue weighted by atomic mass is 10.0. The molecule has 2 N–H and O–H groups in total. The molecule has 0 radical (unpaired) electrons. The maximum absolute atomic E-state index is 4.30. The van der Waals surface area contributed by atoms with E-state index >= 15 is 0 Å². The molecule has 1 aliphatic heterocycles. The van der Waals surface area contributed by atoms with Gasteiger partial charge in [0.05, 0.1) is 0 Å². The lowest BCUT2D eigenvalue weighted by Gasteiger charge is -2.35. The summed E-state index contributed by atoms with van der Waals surface area (Å²) in [6.07, 6.45) is 10.0. The summed E-state index contributed by atoms with van der Waals surface area (Å²) in [4.78, 5) is 11.1. The second-order valence-electron chi connectivity index (χ2n) is 6.13. The number of aliphatic imine (C=N–C) groups is 1. The number of guanidine groups is 1. The van der Waals surface area contributed by atoms with E-state index in [9.17, 15) is 0 Å². The fourth-order valence-electron chi connectivity index (χ4n) is 3.23. The van der Waals surface area contributed by atoms with E-state index in [1.54, 1.807) is 0 Å². The lowest BCUT2D eigenvalue weighted by Crippen LogP contribution is -2.46. The van der Waals surface area contributed by atoms with Crippen LogP contribution in [0.15, 0.2) is 29.5 Å². The Hall–Kier alpha value is -0.890. The van der Waals surface area contributed by atoms with E-state index in [1.165, 1.54) is 37.8 Å². The van der Waals surface area contributed by atoms with Crippen molar-refractivity contribution in [3.05, 3.63) is 30.1 Å². The van der Waals surface area contributed by atoms with Crippen LogP contribution in [0.25, 0.3) is 0 Å². The third-order valence-corrected chi connectivity index (χ3v) is 4.56. The number of rotatable bonds is 7. The first kappa shape index (κ1) is 21.2. The van der Waals surface area contributed by atoms with Gasteiger partial charge in [0.15, 0.2) is 5.96 Å². The van der Waals surface area contributed by atoms with Crippen LogP contribution in [0.4, 0.5) is 0 Å². The third-order valence-electron chi connectivity index (χ3n) is 4.56. The van der Waals surface area contributed by atoms with Crippen LogP contribution in [-0.4, -0.2) is 55.1 Å². The molecule has 1 saturated heterocycles. The molecule has 2 heterocycles. The zero-order chi connectivity index (χ0) is 16.3. The van der Waals surface area contributed by atoms with Gasteiger partial charge in [0.1, 0.15) is 0 Å². The van der Waals surface area contributed by atoms with E-state index in [1.807, 2.05) is 25.5 Å². The number of hydrogen-bond acceptors (Lipinski definition) is 3. The largest absolute Gasteiger partial charge is 0.356 e. The predicted octanol–water partition coefficient (Wildman–Crippen LogP) is 2.67. The van der Waals surface area contributed by atoms with Crippen LogP contribution in [-0.2, 0) is 6.42 Å². The molecule has 0 spiro atoms. The fourth-order valence-corrected chi connectivity index (χ4v) is 3.23.